The van der Waals surface area contributed by atoms with Crippen LogP contribution >= 0.6 is 12.2 Å². The highest BCUT2D eigenvalue weighted by molar-refractivity contribution is 7.80. The van der Waals surface area contributed by atoms with Crippen LogP contribution in [0.1, 0.15) is 18.5 Å². The van der Waals surface area contributed by atoms with E-state index in [1.807, 2.05) is 37.3 Å². The summed E-state index contributed by atoms with van der Waals surface area (Å²) in [5, 5.41) is 8.15. The first-order valence-electron chi connectivity index (χ1n) is 9.40. The smallest absolute Gasteiger partial charge is 0.191 e. The first-order valence-corrected chi connectivity index (χ1v) is 9.81. The summed E-state index contributed by atoms with van der Waals surface area (Å²) in [4.78, 5) is 1.45. The number of quaternary nitrogens is 1. The minimum absolute atomic E-state index is 0.159. The van der Waals surface area contributed by atoms with E-state index in [0.29, 0.717) is 5.11 Å². The number of hydrogen-bond acceptors (Lipinski definition) is 4. The molecule has 0 aromatic heterocycles. The summed E-state index contributed by atoms with van der Waals surface area (Å²) in [6, 6.07) is 18.3. The van der Waals surface area contributed by atoms with Crippen molar-refractivity contribution in [3.05, 3.63) is 60.2 Å². The Bertz CT molecular complexity index is 807. The second kappa shape index (κ2) is 10.2. The molecule has 0 radical (unpaired) electrons. The standard InChI is InChI=1S/C21H26N4O2S/c1-16(23-24-21(28)22-18-10-6-7-11-19(18)26-2)20(17-8-4-3-5-9-17)25-12-14-27-15-13-25/h3-11,20H,12-15H2,1-2H3,(H2,22,24,28)/p+1/b23-16-/t20-/m0/s1. The van der Waals surface area contributed by atoms with Crippen molar-refractivity contribution >= 4 is 28.7 Å². The van der Waals surface area contributed by atoms with Crippen LogP contribution in [0.15, 0.2) is 59.7 Å². The molecule has 0 spiro atoms. The fourth-order valence-electron chi connectivity index (χ4n) is 3.44. The zero-order chi connectivity index (χ0) is 19.8. The summed E-state index contributed by atoms with van der Waals surface area (Å²) in [5.74, 6) is 0.729. The van der Waals surface area contributed by atoms with Crippen molar-refractivity contribution in [1.82, 2.24) is 5.43 Å². The number of benzene rings is 2. The molecule has 148 valence electrons. The van der Waals surface area contributed by atoms with Gasteiger partial charge in [0.25, 0.3) is 0 Å². The molecule has 0 amide bonds. The van der Waals surface area contributed by atoms with Gasteiger partial charge in [0.15, 0.2) is 11.2 Å². The average molecular weight is 400 g/mol. The van der Waals surface area contributed by atoms with Crippen LogP contribution in [0.3, 0.4) is 0 Å². The van der Waals surface area contributed by atoms with Gasteiger partial charge in [0, 0.05) is 5.56 Å². The lowest BCUT2D eigenvalue weighted by Crippen LogP contribution is -3.15. The van der Waals surface area contributed by atoms with E-state index in [2.05, 4.69) is 40.1 Å². The molecule has 1 heterocycles. The number of methoxy groups -OCH3 is 1. The van der Waals surface area contributed by atoms with Gasteiger partial charge < -0.3 is 19.7 Å². The second-order valence-corrected chi connectivity index (χ2v) is 7.04. The van der Waals surface area contributed by atoms with E-state index in [4.69, 9.17) is 21.7 Å². The van der Waals surface area contributed by atoms with Crippen LogP contribution < -0.4 is 20.4 Å². The van der Waals surface area contributed by atoms with Crippen LogP contribution in [0.4, 0.5) is 5.69 Å². The maximum Gasteiger partial charge on any atom is 0.191 e. The molecule has 1 saturated heterocycles. The minimum atomic E-state index is 0.159. The number of morpholine rings is 1. The number of hydrogen-bond donors (Lipinski definition) is 3. The third kappa shape index (κ3) is 5.28. The normalized spacial score (nSPS) is 16.3. The number of nitrogens with zero attached hydrogens (tertiary/aromatic N) is 1. The number of thiocarbonyl (C=S) groups is 1. The molecule has 28 heavy (non-hydrogen) atoms. The Morgan fingerprint density at radius 1 is 1.11 bits per heavy atom. The molecule has 6 nitrogen and oxygen atoms in total. The van der Waals surface area contributed by atoms with Crippen molar-refractivity contribution in [3.8, 4) is 5.75 Å². The van der Waals surface area contributed by atoms with E-state index in [1.165, 1.54) is 10.5 Å². The van der Waals surface area contributed by atoms with Crippen molar-refractivity contribution < 1.29 is 14.4 Å². The van der Waals surface area contributed by atoms with E-state index in [9.17, 15) is 0 Å². The SMILES string of the molecule is COc1ccccc1NC(=S)N/N=C(/C)[C@@H](c1ccccc1)[NH+]1CCOCC1. The number of para-hydroxylation sites is 2. The van der Waals surface area contributed by atoms with E-state index in [-0.39, 0.29) is 6.04 Å². The van der Waals surface area contributed by atoms with Gasteiger partial charge in [-0.2, -0.15) is 5.10 Å². The van der Waals surface area contributed by atoms with E-state index in [0.717, 1.165) is 43.5 Å². The van der Waals surface area contributed by atoms with Gasteiger partial charge in [0.1, 0.15) is 18.8 Å². The van der Waals surface area contributed by atoms with Gasteiger partial charge >= 0.3 is 0 Å². The Morgan fingerprint density at radius 2 is 1.79 bits per heavy atom. The van der Waals surface area contributed by atoms with Crippen LogP contribution in [0, 0.1) is 0 Å². The molecule has 2 aromatic rings. The summed E-state index contributed by atoms with van der Waals surface area (Å²) >= 11 is 5.41. The molecule has 1 aliphatic heterocycles. The molecule has 1 aliphatic rings. The van der Waals surface area contributed by atoms with Crippen molar-refractivity contribution in [2.45, 2.75) is 13.0 Å². The summed E-state index contributed by atoms with van der Waals surface area (Å²) in [6.45, 7) is 5.49. The highest BCUT2D eigenvalue weighted by Crippen LogP contribution is 2.22. The Balaban J connectivity index is 1.72. The zero-order valence-electron chi connectivity index (χ0n) is 16.3. The summed E-state index contributed by atoms with van der Waals surface area (Å²) in [6.07, 6.45) is 0. The number of nitrogens with one attached hydrogen (secondary N) is 3. The minimum Gasteiger partial charge on any atom is -0.495 e. The number of hydrazone groups is 1. The van der Waals surface area contributed by atoms with Gasteiger partial charge in [-0.25, -0.2) is 0 Å². The summed E-state index contributed by atoms with van der Waals surface area (Å²) in [5.41, 5.74) is 6.00. The first kappa shape index (κ1) is 20.3. The van der Waals surface area contributed by atoms with Gasteiger partial charge in [0.05, 0.1) is 31.7 Å². The van der Waals surface area contributed by atoms with Gasteiger partial charge in [-0.3, -0.25) is 5.43 Å². The predicted molar refractivity (Wildman–Crippen MR) is 116 cm³/mol. The Kier molecular flexibility index (Phi) is 7.36. The van der Waals surface area contributed by atoms with Crippen LogP contribution in [0.25, 0.3) is 0 Å². The molecule has 1 fully saturated rings. The molecule has 2 aromatic carbocycles. The zero-order valence-corrected chi connectivity index (χ0v) is 17.1. The van der Waals surface area contributed by atoms with E-state index >= 15 is 0 Å². The van der Waals surface area contributed by atoms with E-state index < -0.39 is 0 Å². The molecular formula is C21H27N4O2S+. The Morgan fingerprint density at radius 3 is 2.50 bits per heavy atom. The molecule has 3 rings (SSSR count). The maximum atomic E-state index is 5.53. The van der Waals surface area contributed by atoms with Gasteiger partial charge in [-0.1, -0.05) is 42.5 Å². The maximum absolute atomic E-state index is 5.53. The number of anilines is 1. The first-order chi connectivity index (χ1) is 13.7. The molecule has 0 aliphatic carbocycles. The lowest BCUT2D eigenvalue weighted by atomic mass is 10.0. The van der Waals surface area contributed by atoms with Crippen molar-refractivity contribution in [2.24, 2.45) is 5.10 Å². The molecular weight excluding hydrogens is 372 g/mol. The monoisotopic (exact) mass is 399 g/mol. The fraction of sp³-hybridized carbons (Fsp3) is 0.333. The largest absolute Gasteiger partial charge is 0.495 e. The summed E-state index contributed by atoms with van der Waals surface area (Å²) < 4.78 is 10.9. The van der Waals surface area contributed by atoms with E-state index in [1.54, 1.807) is 7.11 Å². The van der Waals surface area contributed by atoms with Gasteiger partial charge in [-0.15, -0.1) is 0 Å². The molecule has 0 unspecified atom stereocenters. The Labute approximate surface area is 171 Å². The number of ether oxygens (including phenoxy) is 2. The highest BCUT2D eigenvalue weighted by atomic mass is 32.1. The quantitative estimate of drug-likeness (QED) is 0.394. The van der Waals surface area contributed by atoms with Crippen molar-refractivity contribution in [2.75, 3.05) is 38.7 Å². The molecule has 0 saturated carbocycles. The molecule has 1 atom stereocenters. The van der Waals surface area contributed by atoms with Crippen LogP contribution in [-0.2, 0) is 4.74 Å². The lowest BCUT2D eigenvalue weighted by Gasteiger charge is -2.31. The van der Waals surface area contributed by atoms with Crippen molar-refractivity contribution in [3.63, 3.8) is 0 Å². The van der Waals surface area contributed by atoms with Crippen LogP contribution in [0.2, 0.25) is 0 Å². The second-order valence-electron chi connectivity index (χ2n) is 6.63. The van der Waals surface area contributed by atoms with Crippen LogP contribution in [0.5, 0.6) is 5.75 Å². The highest BCUT2D eigenvalue weighted by Gasteiger charge is 2.29. The predicted octanol–water partition coefficient (Wildman–Crippen LogP) is 2.01. The van der Waals surface area contributed by atoms with Gasteiger partial charge in [-0.05, 0) is 31.3 Å². The molecule has 7 heteroatoms. The summed E-state index contributed by atoms with van der Waals surface area (Å²) in [7, 11) is 1.63. The molecule has 0 bridgehead atoms. The topological polar surface area (TPSA) is 59.3 Å². The van der Waals surface area contributed by atoms with Crippen molar-refractivity contribution in [1.29, 1.82) is 0 Å². The third-order valence-electron chi connectivity index (χ3n) is 4.78. The van der Waals surface area contributed by atoms with Gasteiger partial charge in [0.2, 0.25) is 0 Å². The Hall–Kier alpha value is -2.48. The third-order valence-corrected chi connectivity index (χ3v) is 4.98. The number of rotatable bonds is 6. The lowest BCUT2D eigenvalue weighted by molar-refractivity contribution is -0.928. The fourth-order valence-corrected chi connectivity index (χ4v) is 3.60. The average Bonchev–Trinajstić information content (AvgIpc) is 2.74. The van der Waals surface area contributed by atoms with Crippen LogP contribution in [-0.4, -0.2) is 44.2 Å². The molecule has 3 N–H and O–H groups in total.